The molecule has 0 aliphatic carbocycles. The van der Waals surface area contributed by atoms with Crippen molar-refractivity contribution in [2.45, 2.75) is 131 Å². The molecule has 7 aromatic carbocycles. The summed E-state index contributed by atoms with van der Waals surface area (Å²) in [6.07, 6.45) is 1.93. The topological polar surface area (TPSA) is 55.9 Å². The number of imidazole rings is 1. The molecule has 1 N–H and O–H groups in total. The maximum atomic E-state index is 11.5. The van der Waals surface area contributed by atoms with Gasteiger partial charge in [0.15, 0.2) is 0 Å². The van der Waals surface area contributed by atoms with Gasteiger partial charge in [0.05, 0.1) is 27.6 Å². The largest absolute Gasteiger partial charge is 0.507 e. The van der Waals surface area contributed by atoms with E-state index >= 15 is 0 Å². The van der Waals surface area contributed by atoms with Gasteiger partial charge in [-0.15, -0.1) is 29.3 Å². The van der Waals surface area contributed by atoms with Crippen LogP contribution in [0.1, 0.15) is 132 Å². The van der Waals surface area contributed by atoms with Crippen LogP contribution in [0.3, 0.4) is 0 Å². The second kappa shape index (κ2) is 18.7. The van der Waals surface area contributed by atoms with Crippen molar-refractivity contribution in [3.8, 4) is 62.0 Å². The molecular weight excluding hydrogens is 1080 g/mol. The second-order valence-electron chi connectivity index (χ2n) is 25.5. The van der Waals surface area contributed by atoms with Crippen LogP contribution in [0.2, 0.25) is 0 Å². The molecule has 74 heavy (non-hydrogen) atoms. The van der Waals surface area contributed by atoms with Gasteiger partial charge in [0.2, 0.25) is 0 Å². The summed E-state index contributed by atoms with van der Waals surface area (Å²) in [5.41, 5.74) is 18.7. The molecule has 0 aliphatic heterocycles. The Morgan fingerprint density at radius 2 is 0.905 bits per heavy atom. The van der Waals surface area contributed by atoms with E-state index in [2.05, 4.69) is 240 Å². The van der Waals surface area contributed by atoms with Gasteiger partial charge in [-0.25, -0.2) is 4.98 Å². The van der Waals surface area contributed by atoms with Crippen molar-refractivity contribution in [3.05, 3.63) is 186 Å². The number of phenolic OH excluding ortho intramolecular Hbond substituents is 1. The van der Waals surface area contributed by atoms with Gasteiger partial charge in [-0.05, 0) is 121 Å². The molecule has 0 unspecified atom stereocenters. The van der Waals surface area contributed by atoms with Crippen LogP contribution in [-0.4, -0.2) is 24.2 Å². The van der Waals surface area contributed by atoms with E-state index < -0.39 is 0 Å². The Bertz CT molecular complexity index is 3710. The van der Waals surface area contributed by atoms with E-state index in [0.717, 1.165) is 50.2 Å². The summed E-state index contributed by atoms with van der Waals surface area (Å²) in [6.45, 7) is 34.2. The minimum Gasteiger partial charge on any atom is -0.507 e. The van der Waals surface area contributed by atoms with Crippen molar-refractivity contribution in [2.24, 2.45) is 0 Å². The molecule has 10 aromatic rings. The Kier molecular flexibility index (Phi) is 13.2. The third-order valence-electron chi connectivity index (χ3n) is 14.7. The summed E-state index contributed by atoms with van der Waals surface area (Å²) >= 11 is 0. The summed E-state index contributed by atoms with van der Waals surface area (Å²) in [4.78, 5) is 10.6. The van der Waals surface area contributed by atoms with Gasteiger partial charge in [0.25, 0.3) is 0 Å². The van der Waals surface area contributed by atoms with Crippen LogP contribution in [0, 0.1) is 6.07 Å². The SMILES string of the molecule is CC(C)(C)c1cc(-c2cc(-c3ccc4c5ccccc5n(-c5cc(C(C)(C)C)cc(C(C)(C)C)c5)c4c3)ccn2)[c-]c(-c2cccc3c2nc(-c2ccccc2O)n3-c2cc(C(C)(C)C)cc(C(C)(C)C)c2)c1.[Pt]. The minimum absolute atomic E-state index is 0. The molecule has 6 heteroatoms. The van der Waals surface area contributed by atoms with Crippen molar-refractivity contribution < 1.29 is 26.2 Å². The number of para-hydroxylation sites is 3. The number of fused-ring (bicyclic) bond motifs is 4. The molecule has 0 aliphatic rings. The molecule has 0 atom stereocenters. The fraction of sp³-hybridized carbons (Fsp3) is 0.294. The first-order valence-corrected chi connectivity index (χ1v) is 25.9. The number of aromatic nitrogens is 4. The molecule has 0 fully saturated rings. The molecule has 0 saturated heterocycles. The van der Waals surface area contributed by atoms with Crippen molar-refractivity contribution in [2.75, 3.05) is 0 Å². The second-order valence-corrected chi connectivity index (χ2v) is 25.5. The van der Waals surface area contributed by atoms with Crippen LogP contribution in [0.15, 0.2) is 152 Å². The third-order valence-corrected chi connectivity index (χ3v) is 14.7. The summed E-state index contributed by atoms with van der Waals surface area (Å²) in [6, 6.07) is 56.5. The van der Waals surface area contributed by atoms with Gasteiger partial charge < -0.3 is 9.67 Å². The number of hydrogen-bond donors (Lipinski definition) is 1. The normalized spacial score (nSPS) is 12.7. The molecule has 0 amide bonds. The fourth-order valence-corrected chi connectivity index (χ4v) is 10.1. The van der Waals surface area contributed by atoms with Gasteiger partial charge in [-0.3, -0.25) is 9.55 Å². The summed E-state index contributed by atoms with van der Waals surface area (Å²) in [7, 11) is 0. The van der Waals surface area contributed by atoms with Crippen LogP contribution in [-0.2, 0) is 48.1 Å². The van der Waals surface area contributed by atoms with Gasteiger partial charge in [-0.1, -0.05) is 188 Å². The van der Waals surface area contributed by atoms with Crippen LogP contribution in [0.5, 0.6) is 5.75 Å². The van der Waals surface area contributed by atoms with Crippen LogP contribution >= 0.6 is 0 Å². The minimum atomic E-state index is -0.184. The first-order valence-electron chi connectivity index (χ1n) is 25.9. The standard InChI is InChI=1S/C68H71N4O.Pt/c1-64(2,3)46-32-44(53-23-20-25-59-62(53)70-63(56-22-17-19-26-61(56)73)72(59)52-40-49(67(10,11)12)37-50(41-52)68(13,14)15)31-45(33-46)57-34-43(29-30-69-57)42-27-28-55-54-21-16-18-24-58(54)71(60(55)35-42)51-38-47(65(4,5)6)36-48(39-51)66(7,8)9;/h16-30,32-41,73H,1-15H3;/q-1;. The fourth-order valence-electron chi connectivity index (χ4n) is 10.1. The van der Waals surface area contributed by atoms with E-state index in [1.807, 2.05) is 24.4 Å². The first kappa shape index (κ1) is 52.3. The number of benzene rings is 7. The Balaban J connectivity index is 0.00000672. The van der Waals surface area contributed by atoms with E-state index in [1.165, 1.54) is 55.3 Å². The maximum absolute atomic E-state index is 11.5. The van der Waals surface area contributed by atoms with Crippen molar-refractivity contribution >= 4 is 32.8 Å². The van der Waals surface area contributed by atoms with Crippen LogP contribution in [0.4, 0.5) is 0 Å². The molecule has 0 spiro atoms. The number of pyridine rings is 1. The molecule has 10 rings (SSSR count). The molecule has 3 aromatic heterocycles. The van der Waals surface area contributed by atoms with Gasteiger partial charge in [0.1, 0.15) is 11.6 Å². The quantitative estimate of drug-likeness (QED) is 0.169. The van der Waals surface area contributed by atoms with Crippen LogP contribution in [0.25, 0.3) is 89.1 Å². The zero-order valence-electron chi connectivity index (χ0n) is 46.0. The summed E-state index contributed by atoms with van der Waals surface area (Å²) in [5.74, 6) is 0.865. The van der Waals surface area contributed by atoms with E-state index in [4.69, 9.17) is 9.97 Å². The molecule has 0 saturated carbocycles. The third kappa shape index (κ3) is 9.81. The molecule has 380 valence electrons. The van der Waals surface area contributed by atoms with Crippen molar-refractivity contribution in [3.63, 3.8) is 0 Å². The number of aromatic hydroxyl groups is 1. The first-order chi connectivity index (χ1) is 34.2. The molecular formula is C68H71N4OPt-. The number of phenols is 1. The Labute approximate surface area is 454 Å². The number of nitrogens with zero attached hydrogens (tertiary/aromatic N) is 4. The Hall–Kier alpha value is -6.55. The van der Waals surface area contributed by atoms with Crippen molar-refractivity contribution in [1.82, 2.24) is 19.1 Å². The zero-order chi connectivity index (χ0) is 52.2. The predicted octanol–water partition coefficient (Wildman–Crippen LogP) is 18.2. The molecule has 0 bridgehead atoms. The monoisotopic (exact) mass is 1150 g/mol. The Morgan fingerprint density at radius 1 is 0.419 bits per heavy atom. The van der Waals surface area contributed by atoms with Gasteiger partial charge in [-0.2, -0.15) is 0 Å². The average molecular weight is 1160 g/mol. The molecule has 5 nitrogen and oxygen atoms in total. The van der Waals surface area contributed by atoms with E-state index in [1.54, 1.807) is 6.07 Å². The maximum Gasteiger partial charge on any atom is 0.148 e. The molecule has 0 radical (unpaired) electrons. The van der Waals surface area contributed by atoms with Crippen LogP contribution < -0.4 is 0 Å². The summed E-state index contributed by atoms with van der Waals surface area (Å²) < 4.78 is 4.70. The Morgan fingerprint density at radius 3 is 1.50 bits per heavy atom. The van der Waals surface area contributed by atoms with E-state index in [9.17, 15) is 5.11 Å². The van der Waals surface area contributed by atoms with E-state index in [0.29, 0.717) is 11.4 Å². The summed E-state index contributed by atoms with van der Waals surface area (Å²) in [5, 5.41) is 13.9. The van der Waals surface area contributed by atoms with Gasteiger partial charge >= 0.3 is 0 Å². The zero-order valence-corrected chi connectivity index (χ0v) is 48.3. The van der Waals surface area contributed by atoms with Crippen molar-refractivity contribution in [1.29, 1.82) is 0 Å². The van der Waals surface area contributed by atoms with E-state index in [-0.39, 0.29) is 53.9 Å². The predicted molar refractivity (Wildman–Crippen MR) is 309 cm³/mol. The van der Waals surface area contributed by atoms with Gasteiger partial charge in [0, 0.05) is 55.1 Å². The smallest absolute Gasteiger partial charge is 0.148 e. The molecule has 3 heterocycles. The average Bonchev–Trinajstić information content (AvgIpc) is 3.88. The number of rotatable bonds is 6. The number of hydrogen-bond acceptors (Lipinski definition) is 3.